The van der Waals surface area contributed by atoms with Gasteiger partial charge in [0.25, 0.3) is 0 Å². The topological polar surface area (TPSA) is 77.2 Å². The van der Waals surface area contributed by atoms with E-state index < -0.39 is 0 Å². The molecule has 1 aliphatic rings. The lowest BCUT2D eigenvalue weighted by molar-refractivity contribution is -0.132. The van der Waals surface area contributed by atoms with Crippen LogP contribution in [-0.4, -0.2) is 29.6 Å². The molecule has 1 saturated heterocycles. The summed E-state index contributed by atoms with van der Waals surface area (Å²) in [6.07, 6.45) is 3.06. The molecular weight excluding hydrogens is 301 g/mol. The first-order chi connectivity index (χ1) is 8.69. The number of aryl methyl sites for hydroxylation is 1. The quantitative estimate of drug-likeness (QED) is 0.877. The van der Waals surface area contributed by atoms with E-state index in [-0.39, 0.29) is 42.9 Å². The molecule has 0 radical (unpaired) electrons. The number of nitrogens with zero attached hydrogens (tertiary/aromatic N) is 1. The molecule has 0 aliphatic carbocycles. The molecule has 0 saturated carbocycles. The van der Waals surface area contributed by atoms with Crippen LogP contribution in [0.25, 0.3) is 0 Å². The van der Waals surface area contributed by atoms with E-state index >= 15 is 0 Å². The molecule has 2 atom stereocenters. The summed E-state index contributed by atoms with van der Waals surface area (Å²) in [4.78, 5) is 16.0. The van der Waals surface area contributed by atoms with Crippen molar-refractivity contribution in [1.82, 2.24) is 10.3 Å². The predicted molar refractivity (Wildman–Crippen MR) is 82.3 cm³/mol. The number of carbonyl (C=O) groups is 1. The first kappa shape index (κ1) is 19.1. The van der Waals surface area contributed by atoms with Gasteiger partial charge in [0.1, 0.15) is 6.10 Å². The number of hydrogen-bond acceptors (Lipinski definition) is 4. The first-order valence-electron chi connectivity index (χ1n) is 6.24. The summed E-state index contributed by atoms with van der Waals surface area (Å²) in [6, 6.07) is 3.89. The second-order valence-electron chi connectivity index (χ2n) is 4.59. The highest BCUT2D eigenvalue weighted by Gasteiger charge is 2.29. The average Bonchev–Trinajstić information content (AvgIpc) is 2.86. The van der Waals surface area contributed by atoms with Crippen molar-refractivity contribution in [2.75, 3.05) is 6.54 Å². The molecule has 0 aromatic carbocycles. The average molecular weight is 322 g/mol. The van der Waals surface area contributed by atoms with Crippen molar-refractivity contribution < 1.29 is 9.53 Å². The minimum Gasteiger partial charge on any atom is -0.364 e. The van der Waals surface area contributed by atoms with Crippen LogP contribution in [0.5, 0.6) is 0 Å². The van der Waals surface area contributed by atoms with E-state index in [1.165, 1.54) is 0 Å². The van der Waals surface area contributed by atoms with Crippen LogP contribution in [0, 0.1) is 6.92 Å². The zero-order chi connectivity index (χ0) is 13.0. The van der Waals surface area contributed by atoms with Crippen molar-refractivity contribution in [3.8, 4) is 0 Å². The molecule has 2 rings (SSSR count). The standard InChI is InChI=1S/C13H19N3O2.2ClH/c1-9-2-3-10(7-15-9)8-16-13(17)12-5-4-11(6-14)18-12;;/h2-3,7,11-12H,4-6,8,14H2,1H3,(H,16,17);2*1H/t11-,12+;;/m1../s1. The van der Waals surface area contributed by atoms with Crippen LogP contribution >= 0.6 is 24.8 Å². The highest BCUT2D eigenvalue weighted by atomic mass is 35.5. The number of carbonyl (C=O) groups excluding carboxylic acids is 1. The number of pyridine rings is 1. The summed E-state index contributed by atoms with van der Waals surface area (Å²) >= 11 is 0. The van der Waals surface area contributed by atoms with Gasteiger partial charge in [0.15, 0.2) is 0 Å². The molecule has 0 spiro atoms. The molecule has 1 amide bonds. The molecule has 2 heterocycles. The van der Waals surface area contributed by atoms with E-state index in [1.807, 2.05) is 19.1 Å². The number of aromatic nitrogens is 1. The monoisotopic (exact) mass is 321 g/mol. The van der Waals surface area contributed by atoms with Gasteiger partial charge in [-0.25, -0.2) is 0 Å². The van der Waals surface area contributed by atoms with Gasteiger partial charge in [0.05, 0.1) is 6.10 Å². The van der Waals surface area contributed by atoms with Gasteiger partial charge >= 0.3 is 0 Å². The minimum atomic E-state index is -0.350. The van der Waals surface area contributed by atoms with Crippen LogP contribution in [0.2, 0.25) is 0 Å². The Kier molecular flexibility index (Phi) is 8.73. The van der Waals surface area contributed by atoms with E-state index in [0.29, 0.717) is 13.1 Å². The van der Waals surface area contributed by atoms with E-state index in [4.69, 9.17) is 10.5 Å². The number of amides is 1. The lowest BCUT2D eigenvalue weighted by Gasteiger charge is -2.12. The fourth-order valence-corrected chi connectivity index (χ4v) is 1.98. The minimum absolute atomic E-state index is 0. The third-order valence-corrected chi connectivity index (χ3v) is 3.10. The van der Waals surface area contributed by atoms with E-state index in [2.05, 4.69) is 10.3 Å². The zero-order valence-electron chi connectivity index (χ0n) is 11.4. The lowest BCUT2D eigenvalue weighted by Crippen LogP contribution is -2.35. The van der Waals surface area contributed by atoms with E-state index in [1.54, 1.807) is 6.20 Å². The fraction of sp³-hybridized carbons (Fsp3) is 0.538. The predicted octanol–water partition coefficient (Wildman–Crippen LogP) is 1.36. The van der Waals surface area contributed by atoms with Crippen molar-refractivity contribution in [3.05, 3.63) is 29.6 Å². The second-order valence-corrected chi connectivity index (χ2v) is 4.59. The second kappa shape index (κ2) is 9.13. The maximum absolute atomic E-state index is 11.8. The lowest BCUT2D eigenvalue weighted by atomic mass is 10.2. The van der Waals surface area contributed by atoms with Crippen molar-refractivity contribution in [2.45, 2.75) is 38.5 Å². The summed E-state index contributed by atoms with van der Waals surface area (Å²) in [7, 11) is 0. The van der Waals surface area contributed by atoms with Gasteiger partial charge in [-0.3, -0.25) is 9.78 Å². The molecule has 0 unspecified atom stereocenters. The zero-order valence-corrected chi connectivity index (χ0v) is 13.0. The van der Waals surface area contributed by atoms with Gasteiger partial charge in [0, 0.05) is 25.0 Å². The van der Waals surface area contributed by atoms with Gasteiger partial charge in [0.2, 0.25) is 5.91 Å². The maximum Gasteiger partial charge on any atom is 0.249 e. The first-order valence-corrected chi connectivity index (χ1v) is 6.24. The van der Waals surface area contributed by atoms with Crippen LogP contribution in [0.1, 0.15) is 24.1 Å². The van der Waals surface area contributed by atoms with Crippen molar-refractivity contribution in [2.24, 2.45) is 5.73 Å². The normalized spacial score (nSPS) is 20.7. The molecule has 1 aromatic rings. The Morgan fingerprint density at radius 3 is 2.75 bits per heavy atom. The number of hydrogen-bond donors (Lipinski definition) is 2. The molecule has 5 nitrogen and oxygen atoms in total. The Bertz CT molecular complexity index is 415. The van der Waals surface area contributed by atoms with Crippen molar-refractivity contribution in [1.29, 1.82) is 0 Å². The molecular formula is C13H21Cl2N3O2. The number of nitrogens with two attached hydrogens (primary N) is 1. The number of rotatable bonds is 4. The molecule has 114 valence electrons. The summed E-state index contributed by atoms with van der Waals surface area (Å²) in [5.74, 6) is -0.0634. The third kappa shape index (κ3) is 5.25. The molecule has 0 bridgehead atoms. The molecule has 7 heteroatoms. The van der Waals surface area contributed by atoms with Gasteiger partial charge in [-0.15, -0.1) is 24.8 Å². The summed E-state index contributed by atoms with van der Waals surface area (Å²) in [5, 5.41) is 2.86. The Hall–Kier alpha value is -0.880. The number of nitrogens with one attached hydrogen (secondary N) is 1. The number of halogens is 2. The Balaban J connectivity index is 0.00000180. The SMILES string of the molecule is Cc1ccc(CNC(=O)[C@@H]2CC[C@H](CN)O2)cn1.Cl.Cl. The van der Waals surface area contributed by atoms with Gasteiger partial charge in [-0.2, -0.15) is 0 Å². The fourth-order valence-electron chi connectivity index (χ4n) is 1.98. The van der Waals surface area contributed by atoms with Crippen LogP contribution < -0.4 is 11.1 Å². The summed E-state index contributed by atoms with van der Waals surface area (Å²) in [5.41, 5.74) is 7.47. The van der Waals surface area contributed by atoms with Gasteiger partial charge in [-0.05, 0) is 31.4 Å². The number of ether oxygens (including phenoxy) is 1. The van der Waals surface area contributed by atoms with Crippen molar-refractivity contribution in [3.63, 3.8) is 0 Å². The largest absolute Gasteiger partial charge is 0.364 e. The van der Waals surface area contributed by atoms with Crippen LogP contribution in [0.15, 0.2) is 18.3 Å². The maximum atomic E-state index is 11.8. The van der Waals surface area contributed by atoms with Crippen molar-refractivity contribution >= 4 is 30.7 Å². The third-order valence-electron chi connectivity index (χ3n) is 3.10. The molecule has 20 heavy (non-hydrogen) atoms. The van der Waals surface area contributed by atoms with Gasteiger partial charge < -0.3 is 15.8 Å². The smallest absolute Gasteiger partial charge is 0.249 e. The summed E-state index contributed by atoms with van der Waals surface area (Å²) < 4.78 is 5.53. The Morgan fingerprint density at radius 1 is 1.45 bits per heavy atom. The molecule has 1 aliphatic heterocycles. The molecule has 1 fully saturated rings. The van der Waals surface area contributed by atoms with Crippen LogP contribution in [-0.2, 0) is 16.1 Å². The highest BCUT2D eigenvalue weighted by molar-refractivity contribution is 5.85. The van der Waals surface area contributed by atoms with E-state index in [0.717, 1.165) is 24.1 Å². The summed E-state index contributed by atoms with van der Waals surface area (Å²) in [6.45, 7) is 2.90. The van der Waals surface area contributed by atoms with E-state index in [9.17, 15) is 4.79 Å². The van der Waals surface area contributed by atoms with Crippen LogP contribution in [0.4, 0.5) is 0 Å². The Morgan fingerprint density at radius 2 is 2.20 bits per heavy atom. The Labute approximate surface area is 131 Å². The molecule has 3 N–H and O–H groups in total. The highest BCUT2D eigenvalue weighted by Crippen LogP contribution is 2.18. The van der Waals surface area contributed by atoms with Gasteiger partial charge in [-0.1, -0.05) is 6.07 Å². The van der Waals surface area contributed by atoms with Crippen LogP contribution in [0.3, 0.4) is 0 Å². The molecule has 1 aromatic heterocycles.